The van der Waals surface area contributed by atoms with Crippen molar-refractivity contribution in [1.82, 2.24) is 0 Å². The molecule has 0 radical (unpaired) electrons. The molecule has 2 heteroatoms. The molecule has 1 N–H and O–H groups in total. The quantitative estimate of drug-likeness (QED) is 0.266. The van der Waals surface area contributed by atoms with E-state index in [0.717, 1.165) is 0 Å². The van der Waals surface area contributed by atoms with Gasteiger partial charge in [-0.25, -0.2) is 19.6 Å². The summed E-state index contributed by atoms with van der Waals surface area (Å²) in [6.45, 7) is 10.0. The number of alkyl halides is 1. The molecule has 0 aliphatic rings. The highest BCUT2D eigenvalue weighted by Gasteiger charge is 2.01. The van der Waals surface area contributed by atoms with Crippen LogP contribution < -0.4 is 4.90 Å². The third-order valence-corrected chi connectivity index (χ3v) is 1.37. The third kappa shape index (κ3) is 10.6. The molecule has 1 atom stereocenters. The fraction of sp³-hybridized carbons (Fsp3) is 0.375. The Hall–Kier alpha value is -0.400. The number of halogens is 1. The molecule has 0 spiro atoms. The van der Waals surface area contributed by atoms with Crippen molar-refractivity contribution in [2.24, 2.45) is 0 Å². The number of rotatable bonds is 2. The van der Waals surface area contributed by atoms with Crippen LogP contribution in [0.25, 0.3) is 0 Å². The van der Waals surface area contributed by atoms with Gasteiger partial charge in [0.15, 0.2) is 5.50 Å². The van der Waals surface area contributed by atoms with Gasteiger partial charge in [0.05, 0.1) is 14.1 Å². The number of quaternary nitrogens is 1. The molecule has 0 aromatic heterocycles. The molecule has 0 aliphatic carbocycles. The fourth-order valence-corrected chi connectivity index (χ4v) is 0.236. The maximum absolute atomic E-state index is 5.65. The van der Waals surface area contributed by atoms with Crippen LogP contribution in [-0.2, 0) is 0 Å². The summed E-state index contributed by atoms with van der Waals surface area (Å²) < 4.78 is 0. The Morgan fingerprint density at radius 3 is 1.80 bits per heavy atom. The van der Waals surface area contributed by atoms with Gasteiger partial charge in [-0.15, -0.1) is 0 Å². The minimum atomic E-state index is 0.0556. The standard InChI is InChI=1S/C5H10ClN.C3H5/c1-4-5(6)7(2)3;1-3-2/h4-5H,1H2,2-3H3;3H,1-2H2/q;-1/p+1. The molecule has 1 unspecified atom stereocenters. The highest BCUT2D eigenvalue weighted by atomic mass is 35.5. The van der Waals surface area contributed by atoms with Crippen LogP contribution in [0.4, 0.5) is 0 Å². The van der Waals surface area contributed by atoms with E-state index < -0.39 is 0 Å². The van der Waals surface area contributed by atoms with Crippen molar-refractivity contribution in [3.63, 3.8) is 0 Å². The minimum absolute atomic E-state index is 0.0556. The van der Waals surface area contributed by atoms with Crippen molar-refractivity contribution in [3.05, 3.63) is 32.2 Å². The molecule has 0 amide bonds. The SMILES string of the molecule is C=CC(Cl)[NH+](C)C.C=C[CH2-]. The van der Waals surface area contributed by atoms with Gasteiger partial charge in [0, 0.05) is 0 Å². The molecule has 1 nitrogen and oxygen atoms in total. The van der Waals surface area contributed by atoms with E-state index in [1.165, 1.54) is 11.0 Å². The van der Waals surface area contributed by atoms with Gasteiger partial charge in [-0.3, -0.25) is 0 Å². The maximum Gasteiger partial charge on any atom is 0.181 e. The van der Waals surface area contributed by atoms with E-state index in [0.29, 0.717) is 0 Å². The van der Waals surface area contributed by atoms with Crippen LogP contribution in [0.15, 0.2) is 25.3 Å². The summed E-state index contributed by atoms with van der Waals surface area (Å²) in [6, 6.07) is 0. The van der Waals surface area contributed by atoms with Crippen molar-refractivity contribution < 1.29 is 4.90 Å². The summed E-state index contributed by atoms with van der Waals surface area (Å²) in [6.07, 6.45) is 3.22. The van der Waals surface area contributed by atoms with Crippen molar-refractivity contribution in [2.45, 2.75) is 5.50 Å². The van der Waals surface area contributed by atoms with Gasteiger partial charge in [-0.1, -0.05) is 18.2 Å². The normalized spacial score (nSPS) is 11.2. The van der Waals surface area contributed by atoms with E-state index >= 15 is 0 Å². The van der Waals surface area contributed by atoms with Crippen molar-refractivity contribution in [1.29, 1.82) is 0 Å². The Kier molecular flexibility index (Phi) is 10.6. The van der Waals surface area contributed by atoms with Crippen molar-refractivity contribution in [2.75, 3.05) is 14.1 Å². The topological polar surface area (TPSA) is 4.44 Å². The minimum Gasteiger partial charge on any atom is -0.321 e. The van der Waals surface area contributed by atoms with Crippen molar-refractivity contribution >= 4 is 11.6 Å². The van der Waals surface area contributed by atoms with Gasteiger partial charge in [0.2, 0.25) is 0 Å². The Morgan fingerprint density at radius 2 is 1.80 bits per heavy atom. The average molecular weight is 162 g/mol. The molecule has 0 rings (SSSR count). The summed E-state index contributed by atoms with van der Waals surface area (Å²) in [5.41, 5.74) is 0.0556. The van der Waals surface area contributed by atoms with Gasteiger partial charge < -0.3 is 4.90 Å². The second kappa shape index (κ2) is 8.60. The van der Waals surface area contributed by atoms with Gasteiger partial charge in [-0.2, -0.15) is 0 Å². The van der Waals surface area contributed by atoms with Crippen LogP contribution in [0, 0.1) is 6.92 Å². The second-order valence-electron chi connectivity index (χ2n) is 2.00. The predicted octanol–water partition coefficient (Wildman–Crippen LogP) is 0.888. The lowest BCUT2D eigenvalue weighted by molar-refractivity contribution is -0.864. The van der Waals surface area contributed by atoms with E-state index in [-0.39, 0.29) is 5.50 Å². The van der Waals surface area contributed by atoms with E-state index in [1.807, 2.05) is 14.1 Å². The maximum atomic E-state index is 5.65. The zero-order chi connectivity index (χ0) is 8.57. The lowest BCUT2D eigenvalue weighted by Gasteiger charge is -2.08. The molecular formula is C8H16ClN. The highest BCUT2D eigenvalue weighted by Crippen LogP contribution is 1.80. The van der Waals surface area contributed by atoms with E-state index in [4.69, 9.17) is 11.6 Å². The zero-order valence-corrected chi connectivity index (χ0v) is 7.49. The summed E-state index contributed by atoms with van der Waals surface area (Å²) in [7, 11) is 3.97. The van der Waals surface area contributed by atoms with Gasteiger partial charge in [-0.05, 0) is 6.08 Å². The smallest absolute Gasteiger partial charge is 0.181 e. The number of hydrogen-bond donors (Lipinski definition) is 1. The first kappa shape index (κ1) is 12.3. The molecule has 0 fully saturated rings. The summed E-state index contributed by atoms with van der Waals surface area (Å²) in [5, 5.41) is 0. The molecule has 0 saturated carbocycles. The molecular weight excluding hydrogens is 146 g/mol. The molecule has 0 heterocycles. The predicted molar refractivity (Wildman–Crippen MR) is 48.2 cm³/mol. The Morgan fingerprint density at radius 1 is 1.50 bits per heavy atom. The van der Waals surface area contributed by atoms with Crippen LogP contribution in [0.3, 0.4) is 0 Å². The zero-order valence-electron chi connectivity index (χ0n) is 6.73. The second-order valence-corrected chi connectivity index (χ2v) is 2.47. The van der Waals surface area contributed by atoms with Gasteiger partial charge in [0.1, 0.15) is 0 Å². The fourth-order valence-electron chi connectivity index (χ4n) is 0.236. The first-order valence-electron chi connectivity index (χ1n) is 3.06. The van der Waals surface area contributed by atoms with Crippen LogP contribution in [0.2, 0.25) is 0 Å². The lowest BCUT2D eigenvalue weighted by Crippen LogP contribution is -3.08. The number of likely N-dealkylation sites (N-methyl/N-ethyl adjacent to an activating group) is 1. The molecule has 0 bridgehead atoms. The first-order valence-corrected chi connectivity index (χ1v) is 3.50. The summed E-state index contributed by atoms with van der Waals surface area (Å²) >= 11 is 5.65. The van der Waals surface area contributed by atoms with Gasteiger partial charge in [0.25, 0.3) is 0 Å². The van der Waals surface area contributed by atoms with Gasteiger partial charge >= 0.3 is 0 Å². The number of nitrogens with one attached hydrogen (secondary N) is 1. The lowest BCUT2D eigenvalue weighted by atomic mass is 10.6. The molecule has 10 heavy (non-hydrogen) atoms. The first-order chi connectivity index (χ1) is 4.59. The number of hydrogen-bond acceptors (Lipinski definition) is 0. The average Bonchev–Trinajstić information content (AvgIpc) is 1.88. The van der Waals surface area contributed by atoms with Crippen LogP contribution in [-0.4, -0.2) is 19.6 Å². The van der Waals surface area contributed by atoms with E-state index in [1.54, 1.807) is 6.08 Å². The monoisotopic (exact) mass is 161 g/mol. The van der Waals surface area contributed by atoms with Crippen LogP contribution >= 0.6 is 11.6 Å². The molecule has 0 saturated heterocycles. The summed E-state index contributed by atoms with van der Waals surface area (Å²) in [5.74, 6) is 0. The van der Waals surface area contributed by atoms with E-state index in [9.17, 15) is 0 Å². The van der Waals surface area contributed by atoms with E-state index in [2.05, 4.69) is 20.1 Å². The third-order valence-electron chi connectivity index (χ3n) is 0.758. The van der Waals surface area contributed by atoms with Crippen LogP contribution in [0.5, 0.6) is 0 Å². The summed E-state index contributed by atoms with van der Waals surface area (Å²) in [4.78, 5) is 1.19. The Bertz CT molecular complexity index is 89.3. The molecule has 0 aromatic carbocycles. The molecule has 0 aromatic rings. The number of allylic oxidation sites excluding steroid dienone is 1. The molecule has 60 valence electrons. The largest absolute Gasteiger partial charge is 0.321 e. The Balaban J connectivity index is 0. The molecule has 0 aliphatic heterocycles. The highest BCUT2D eigenvalue weighted by molar-refractivity contribution is 6.20. The Labute approximate surface area is 69.0 Å². The van der Waals surface area contributed by atoms with Crippen molar-refractivity contribution in [3.8, 4) is 0 Å². The van der Waals surface area contributed by atoms with Crippen LogP contribution in [0.1, 0.15) is 0 Å².